The van der Waals surface area contributed by atoms with Crippen molar-refractivity contribution < 1.29 is 19.1 Å². The summed E-state index contributed by atoms with van der Waals surface area (Å²) in [6, 6.07) is 10.0. The summed E-state index contributed by atoms with van der Waals surface area (Å²) in [4.78, 5) is 35.6. The summed E-state index contributed by atoms with van der Waals surface area (Å²) in [5.41, 5.74) is 6.28. The molecule has 0 aliphatic heterocycles. The highest BCUT2D eigenvalue weighted by molar-refractivity contribution is 9.10. The Kier molecular flexibility index (Phi) is 10.4. The molecule has 156 valence electrons. The number of aliphatic hydroxyl groups is 1. The summed E-state index contributed by atoms with van der Waals surface area (Å²) in [6.07, 6.45) is 0. The summed E-state index contributed by atoms with van der Waals surface area (Å²) in [7, 11) is 0. The van der Waals surface area contributed by atoms with Crippen molar-refractivity contribution in [2.24, 2.45) is 0 Å². The van der Waals surface area contributed by atoms with Crippen molar-refractivity contribution in [1.82, 2.24) is 4.98 Å². The highest BCUT2D eigenvalue weighted by Gasteiger charge is 2.10. The van der Waals surface area contributed by atoms with Gasteiger partial charge in [-0.2, -0.15) is 0 Å². The third kappa shape index (κ3) is 7.84. The van der Waals surface area contributed by atoms with Crippen LogP contribution in [0.5, 0.6) is 0 Å². The lowest BCUT2D eigenvalue weighted by molar-refractivity contribution is 0.0527. The Bertz CT molecular complexity index is 1080. The lowest BCUT2D eigenvalue weighted by atomic mass is 10.2. The maximum absolute atomic E-state index is 11.3. The SMILES string of the molecule is CCO.CCOC(=O)c1cc(Br)ccc1N.O=c1[nH]c2ccc(Br)cc2c(=O)o1. The van der Waals surface area contributed by atoms with Gasteiger partial charge in [0.1, 0.15) is 0 Å². The number of H-pyrrole nitrogens is 1. The van der Waals surface area contributed by atoms with Crippen LogP contribution in [0.2, 0.25) is 0 Å². The van der Waals surface area contributed by atoms with Crippen LogP contribution in [0.25, 0.3) is 10.9 Å². The number of aliphatic hydroxyl groups excluding tert-OH is 1. The molecular formula is C19H20Br2N2O6. The number of benzene rings is 2. The van der Waals surface area contributed by atoms with Crippen molar-refractivity contribution in [2.45, 2.75) is 13.8 Å². The molecule has 10 heteroatoms. The van der Waals surface area contributed by atoms with E-state index < -0.39 is 11.4 Å². The summed E-state index contributed by atoms with van der Waals surface area (Å²) < 4.78 is 10.8. The van der Waals surface area contributed by atoms with Crippen molar-refractivity contribution in [2.75, 3.05) is 18.9 Å². The highest BCUT2D eigenvalue weighted by Crippen LogP contribution is 2.19. The van der Waals surface area contributed by atoms with Gasteiger partial charge >= 0.3 is 17.4 Å². The monoisotopic (exact) mass is 530 g/mol. The number of anilines is 1. The van der Waals surface area contributed by atoms with E-state index in [4.69, 9.17) is 15.6 Å². The molecule has 3 rings (SSSR count). The summed E-state index contributed by atoms with van der Waals surface area (Å²) in [5.74, 6) is -1.12. The van der Waals surface area contributed by atoms with Gasteiger partial charge in [0.25, 0.3) is 0 Å². The molecule has 0 saturated carbocycles. The van der Waals surface area contributed by atoms with Gasteiger partial charge in [0.2, 0.25) is 0 Å². The molecule has 4 N–H and O–H groups in total. The molecular weight excluding hydrogens is 512 g/mol. The van der Waals surface area contributed by atoms with Gasteiger partial charge in [-0.05, 0) is 50.2 Å². The number of fused-ring (bicyclic) bond motifs is 1. The molecule has 3 aromatic rings. The lowest BCUT2D eigenvalue weighted by Gasteiger charge is -2.04. The van der Waals surface area contributed by atoms with Crippen LogP contribution in [0.3, 0.4) is 0 Å². The fraction of sp³-hybridized carbons (Fsp3) is 0.211. The van der Waals surface area contributed by atoms with Gasteiger partial charge in [-0.1, -0.05) is 31.9 Å². The van der Waals surface area contributed by atoms with E-state index in [0.717, 1.165) is 8.95 Å². The van der Waals surface area contributed by atoms with E-state index in [0.29, 0.717) is 28.8 Å². The normalized spacial score (nSPS) is 9.69. The summed E-state index contributed by atoms with van der Waals surface area (Å²) in [5, 5.41) is 7.92. The van der Waals surface area contributed by atoms with Crippen LogP contribution in [0.1, 0.15) is 24.2 Å². The molecule has 0 unspecified atom stereocenters. The first-order valence-corrected chi connectivity index (χ1v) is 9.97. The van der Waals surface area contributed by atoms with Crippen LogP contribution in [-0.4, -0.2) is 29.3 Å². The van der Waals surface area contributed by atoms with Crippen molar-refractivity contribution in [1.29, 1.82) is 0 Å². The summed E-state index contributed by atoms with van der Waals surface area (Å²) in [6.45, 7) is 4.04. The molecule has 0 spiro atoms. The number of nitrogen functional groups attached to an aromatic ring is 1. The number of ether oxygens (including phenoxy) is 1. The smallest absolute Gasteiger partial charge is 0.419 e. The van der Waals surface area contributed by atoms with Gasteiger partial charge in [0.05, 0.1) is 23.1 Å². The average Bonchev–Trinajstić information content (AvgIpc) is 2.66. The Morgan fingerprint density at radius 3 is 2.34 bits per heavy atom. The average molecular weight is 532 g/mol. The number of halogens is 2. The predicted molar refractivity (Wildman–Crippen MR) is 118 cm³/mol. The Hall–Kier alpha value is -2.43. The number of hydrogen-bond acceptors (Lipinski definition) is 7. The predicted octanol–water partition coefficient (Wildman–Crippen LogP) is 3.45. The maximum Gasteiger partial charge on any atom is 0.419 e. The minimum atomic E-state index is -0.736. The van der Waals surface area contributed by atoms with Crippen LogP contribution in [0, 0.1) is 0 Å². The maximum atomic E-state index is 11.3. The second kappa shape index (κ2) is 12.2. The van der Waals surface area contributed by atoms with E-state index in [1.54, 1.807) is 50.2 Å². The molecule has 29 heavy (non-hydrogen) atoms. The molecule has 1 aromatic heterocycles. The minimum Gasteiger partial charge on any atom is -0.462 e. The van der Waals surface area contributed by atoms with Crippen LogP contribution in [-0.2, 0) is 4.74 Å². The van der Waals surface area contributed by atoms with E-state index >= 15 is 0 Å². The van der Waals surface area contributed by atoms with E-state index in [-0.39, 0.29) is 12.6 Å². The number of hydrogen-bond donors (Lipinski definition) is 3. The number of aromatic nitrogens is 1. The quantitative estimate of drug-likeness (QED) is 0.340. The van der Waals surface area contributed by atoms with Crippen LogP contribution < -0.4 is 17.1 Å². The topological polar surface area (TPSA) is 136 Å². The van der Waals surface area contributed by atoms with Crippen LogP contribution in [0.4, 0.5) is 5.69 Å². The largest absolute Gasteiger partial charge is 0.462 e. The second-order valence-corrected chi connectivity index (χ2v) is 7.09. The van der Waals surface area contributed by atoms with Crippen molar-refractivity contribution >= 4 is 54.4 Å². The number of aromatic amines is 1. The molecule has 0 aliphatic rings. The minimum absolute atomic E-state index is 0.250. The van der Waals surface area contributed by atoms with Gasteiger partial charge in [-0.15, -0.1) is 0 Å². The molecule has 2 aromatic carbocycles. The fourth-order valence-electron chi connectivity index (χ4n) is 1.98. The Morgan fingerprint density at radius 2 is 1.72 bits per heavy atom. The Morgan fingerprint density at radius 1 is 1.14 bits per heavy atom. The first-order chi connectivity index (χ1) is 13.7. The summed E-state index contributed by atoms with van der Waals surface area (Å²) >= 11 is 6.46. The second-order valence-electron chi connectivity index (χ2n) is 5.26. The van der Waals surface area contributed by atoms with Gasteiger partial charge in [0, 0.05) is 21.2 Å². The zero-order chi connectivity index (χ0) is 22.0. The number of rotatable bonds is 2. The molecule has 0 amide bonds. The zero-order valence-corrected chi connectivity index (χ0v) is 18.9. The molecule has 0 atom stereocenters. The van der Waals surface area contributed by atoms with Gasteiger partial charge in [-0.25, -0.2) is 14.4 Å². The van der Waals surface area contributed by atoms with E-state index in [1.165, 1.54) is 0 Å². The highest BCUT2D eigenvalue weighted by atomic mass is 79.9. The van der Waals surface area contributed by atoms with Crippen LogP contribution >= 0.6 is 31.9 Å². The lowest BCUT2D eigenvalue weighted by Crippen LogP contribution is -2.14. The number of nitrogens with two attached hydrogens (primary N) is 1. The Balaban J connectivity index is 0.000000256. The molecule has 0 aliphatic carbocycles. The first kappa shape index (κ1) is 24.6. The van der Waals surface area contributed by atoms with Crippen molar-refractivity contribution in [3.63, 3.8) is 0 Å². The number of nitrogens with one attached hydrogen (secondary N) is 1. The van der Waals surface area contributed by atoms with Crippen molar-refractivity contribution in [3.05, 3.63) is 71.9 Å². The third-order valence-corrected chi connectivity index (χ3v) is 4.12. The Labute approximate surface area is 182 Å². The molecule has 0 saturated heterocycles. The van der Waals surface area contributed by atoms with E-state index in [1.807, 2.05) is 0 Å². The number of carbonyl (C=O) groups excluding carboxylic acids is 1. The van der Waals surface area contributed by atoms with Crippen molar-refractivity contribution in [3.8, 4) is 0 Å². The zero-order valence-electron chi connectivity index (χ0n) is 15.7. The van der Waals surface area contributed by atoms with Gasteiger partial charge in [0.15, 0.2) is 0 Å². The molecule has 0 fully saturated rings. The first-order valence-electron chi connectivity index (χ1n) is 8.39. The molecule has 1 heterocycles. The molecule has 0 bridgehead atoms. The standard InChI is InChI=1S/C9H10BrNO2.C8H4BrNO3.C2H6O/c1-2-13-9(12)7-5-6(10)3-4-8(7)11;9-4-1-2-6-5(3-4)7(11)13-8(12)10-6;1-2-3/h3-5H,2,11H2,1H3;1-3H,(H,10,12);3H,2H2,1H3. The third-order valence-electron chi connectivity index (χ3n) is 3.13. The van der Waals surface area contributed by atoms with E-state index in [2.05, 4.69) is 41.3 Å². The van der Waals surface area contributed by atoms with E-state index in [9.17, 15) is 14.4 Å². The number of carbonyl (C=O) groups is 1. The van der Waals surface area contributed by atoms with Gasteiger partial charge in [-0.3, -0.25) is 4.98 Å². The van der Waals surface area contributed by atoms with Gasteiger partial charge < -0.3 is 20.0 Å². The fourth-order valence-corrected chi connectivity index (χ4v) is 2.71. The molecule has 8 nitrogen and oxygen atoms in total. The number of esters is 1. The molecule has 0 radical (unpaired) electrons. The van der Waals surface area contributed by atoms with Crippen LogP contribution in [0.15, 0.2) is 59.3 Å².